The Morgan fingerprint density at radius 1 is 1.10 bits per heavy atom. The van der Waals surface area contributed by atoms with Crippen LogP contribution >= 0.6 is 0 Å². The molecule has 2 rings (SSSR count). The van der Waals surface area contributed by atoms with Gasteiger partial charge in [0.25, 0.3) is 0 Å². The van der Waals surface area contributed by atoms with Crippen LogP contribution in [0.1, 0.15) is 11.1 Å². The maximum absolute atomic E-state index is 12.0. The van der Waals surface area contributed by atoms with E-state index in [1.807, 2.05) is 0 Å². The van der Waals surface area contributed by atoms with Gasteiger partial charge in [0.1, 0.15) is 0 Å². The first-order chi connectivity index (χ1) is 10.0. The molecule has 4 N–H and O–H groups in total. The number of amidine groups is 1. The molecule has 0 amide bonds. The normalized spacial score (nSPS) is 12.3. The van der Waals surface area contributed by atoms with E-state index in [2.05, 4.69) is 9.88 Å². The first-order valence-electron chi connectivity index (χ1n) is 6.14. The number of oxime groups is 1. The van der Waals surface area contributed by atoms with Crippen LogP contribution in [0, 0.1) is 0 Å². The van der Waals surface area contributed by atoms with Crippen LogP contribution in [0.4, 0.5) is 0 Å². The second-order valence-corrected chi connectivity index (χ2v) is 6.09. The van der Waals surface area contributed by atoms with Crippen molar-refractivity contribution in [2.24, 2.45) is 10.9 Å². The monoisotopic (exact) mass is 305 g/mol. The number of benzene rings is 2. The molecule has 7 heteroatoms. The van der Waals surface area contributed by atoms with E-state index in [0.717, 1.165) is 5.56 Å². The molecule has 0 spiro atoms. The topological polar surface area (TPSA) is 105 Å². The highest BCUT2D eigenvalue weighted by Gasteiger charge is 2.12. The second-order valence-electron chi connectivity index (χ2n) is 4.32. The van der Waals surface area contributed by atoms with Crippen LogP contribution in [-0.2, 0) is 16.6 Å². The predicted octanol–water partition coefficient (Wildman–Crippen LogP) is 1.26. The fourth-order valence-electron chi connectivity index (χ4n) is 1.71. The molecule has 6 nitrogen and oxygen atoms in total. The fourth-order valence-corrected chi connectivity index (χ4v) is 2.75. The van der Waals surface area contributed by atoms with Gasteiger partial charge in [0, 0.05) is 12.1 Å². The van der Waals surface area contributed by atoms with Gasteiger partial charge < -0.3 is 10.9 Å². The van der Waals surface area contributed by atoms with Gasteiger partial charge in [-0.2, -0.15) is 0 Å². The van der Waals surface area contributed by atoms with Gasteiger partial charge in [-0.15, -0.1) is 0 Å². The number of sulfonamides is 1. The van der Waals surface area contributed by atoms with Crippen molar-refractivity contribution in [3.8, 4) is 0 Å². The molecule has 0 heterocycles. The third-order valence-corrected chi connectivity index (χ3v) is 4.29. The quantitative estimate of drug-likeness (QED) is 0.335. The Kier molecular flexibility index (Phi) is 4.56. The third-order valence-electron chi connectivity index (χ3n) is 2.88. The van der Waals surface area contributed by atoms with Crippen LogP contribution in [0.3, 0.4) is 0 Å². The molecule has 0 aliphatic heterocycles. The van der Waals surface area contributed by atoms with E-state index in [1.54, 1.807) is 42.5 Å². The highest BCUT2D eigenvalue weighted by atomic mass is 32.2. The first kappa shape index (κ1) is 15.0. The van der Waals surface area contributed by atoms with Crippen molar-refractivity contribution >= 4 is 15.9 Å². The van der Waals surface area contributed by atoms with E-state index in [4.69, 9.17) is 10.9 Å². The van der Waals surface area contributed by atoms with Gasteiger partial charge in [-0.3, -0.25) is 0 Å². The molecule has 0 bridgehead atoms. The molecular formula is C14H15N3O3S. The molecule has 0 aromatic heterocycles. The van der Waals surface area contributed by atoms with Crippen molar-refractivity contribution in [1.82, 2.24) is 4.72 Å². The molecule has 0 fully saturated rings. The molecule has 0 aliphatic rings. The smallest absolute Gasteiger partial charge is 0.240 e. The summed E-state index contributed by atoms with van der Waals surface area (Å²) in [7, 11) is -3.53. The SMILES string of the molecule is NC(=NO)c1ccc(CNS(=O)(=O)c2ccccc2)cc1. The predicted molar refractivity (Wildman–Crippen MR) is 79.4 cm³/mol. The highest BCUT2D eigenvalue weighted by Crippen LogP contribution is 2.09. The van der Waals surface area contributed by atoms with Gasteiger partial charge in [0.15, 0.2) is 5.84 Å². The Balaban J connectivity index is 2.07. The molecule has 2 aromatic rings. The van der Waals surface area contributed by atoms with Crippen molar-refractivity contribution in [3.63, 3.8) is 0 Å². The number of hydrogen-bond donors (Lipinski definition) is 3. The van der Waals surface area contributed by atoms with Gasteiger partial charge in [0.2, 0.25) is 10.0 Å². The lowest BCUT2D eigenvalue weighted by molar-refractivity contribution is 0.318. The minimum Gasteiger partial charge on any atom is -0.409 e. The summed E-state index contributed by atoms with van der Waals surface area (Å²) in [5.41, 5.74) is 6.78. The molecule has 0 radical (unpaired) electrons. The van der Waals surface area contributed by atoms with Gasteiger partial charge in [-0.1, -0.05) is 47.6 Å². The van der Waals surface area contributed by atoms with E-state index < -0.39 is 10.0 Å². The number of hydrogen-bond acceptors (Lipinski definition) is 4. The fraction of sp³-hybridized carbons (Fsp3) is 0.0714. The summed E-state index contributed by atoms with van der Waals surface area (Å²) in [6, 6.07) is 14.9. The Morgan fingerprint density at radius 3 is 2.29 bits per heavy atom. The molecule has 0 saturated heterocycles. The van der Waals surface area contributed by atoms with Gasteiger partial charge >= 0.3 is 0 Å². The largest absolute Gasteiger partial charge is 0.409 e. The zero-order chi connectivity index (χ0) is 15.3. The van der Waals surface area contributed by atoms with Crippen molar-refractivity contribution in [1.29, 1.82) is 0 Å². The van der Waals surface area contributed by atoms with Crippen LogP contribution in [0.25, 0.3) is 0 Å². The summed E-state index contributed by atoms with van der Waals surface area (Å²) in [6.45, 7) is 0.160. The molecule has 0 saturated carbocycles. The van der Waals surface area contributed by atoms with E-state index in [1.165, 1.54) is 12.1 Å². The lowest BCUT2D eigenvalue weighted by Crippen LogP contribution is -2.23. The summed E-state index contributed by atoms with van der Waals surface area (Å²) in [5.74, 6) is 0.00594. The van der Waals surface area contributed by atoms with Gasteiger partial charge in [-0.05, 0) is 17.7 Å². The van der Waals surface area contributed by atoms with Crippen LogP contribution in [0.5, 0.6) is 0 Å². The van der Waals surface area contributed by atoms with Crippen molar-refractivity contribution in [3.05, 3.63) is 65.7 Å². The first-order valence-corrected chi connectivity index (χ1v) is 7.63. The molecule has 0 unspecified atom stereocenters. The van der Waals surface area contributed by atoms with E-state index >= 15 is 0 Å². The minimum absolute atomic E-state index is 0.00594. The number of nitrogens with zero attached hydrogens (tertiary/aromatic N) is 1. The lowest BCUT2D eigenvalue weighted by Gasteiger charge is -2.07. The Bertz CT molecular complexity index is 726. The van der Waals surface area contributed by atoms with Gasteiger partial charge in [-0.25, -0.2) is 13.1 Å². The van der Waals surface area contributed by atoms with E-state index in [-0.39, 0.29) is 17.3 Å². The Morgan fingerprint density at radius 2 is 1.71 bits per heavy atom. The summed E-state index contributed by atoms with van der Waals surface area (Å²) in [5, 5.41) is 11.5. The van der Waals surface area contributed by atoms with Crippen molar-refractivity contribution in [2.45, 2.75) is 11.4 Å². The van der Waals surface area contributed by atoms with Gasteiger partial charge in [0.05, 0.1) is 4.90 Å². The second kappa shape index (κ2) is 6.38. The summed E-state index contributed by atoms with van der Waals surface area (Å²) < 4.78 is 26.6. The van der Waals surface area contributed by atoms with Crippen molar-refractivity contribution in [2.75, 3.05) is 0 Å². The minimum atomic E-state index is -3.53. The number of nitrogens with one attached hydrogen (secondary N) is 1. The highest BCUT2D eigenvalue weighted by molar-refractivity contribution is 7.89. The lowest BCUT2D eigenvalue weighted by atomic mass is 10.1. The van der Waals surface area contributed by atoms with Crippen molar-refractivity contribution < 1.29 is 13.6 Å². The average molecular weight is 305 g/mol. The average Bonchev–Trinajstić information content (AvgIpc) is 2.53. The Hall–Kier alpha value is -2.38. The molecular weight excluding hydrogens is 290 g/mol. The molecule has 0 aliphatic carbocycles. The Labute approximate surface area is 123 Å². The van der Waals surface area contributed by atoms with Crippen LogP contribution in [0.15, 0.2) is 64.6 Å². The maximum Gasteiger partial charge on any atom is 0.240 e. The number of nitrogens with two attached hydrogens (primary N) is 1. The summed E-state index contributed by atoms with van der Waals surface area (Å²) >= 11 is 0. The number of rotatable bonds is 5. The zero-order valence-electron chi connectivity index (χ0n) is 11.1. The molecule has 110 valence electrons. The van der Waals surface area contributed by atoms with Crippen LogP contribution in [0.2, 0.25) is 0 Å². The van der Waals surface area contributed by atoms with E-state index in [0.29, 0.717) is 5.56 Å². The maximum atomic E-state index is 12.0. The zero-order valence-corrected chi connectivity index (χ0v) is 11.9. The molecule has 0 atom stereocenters. The van der Waals surface area contributed by atoms with Crippen LogP contribution < -0.4 is 10.5 Å². The van der Waals surface area contributed by atoms with E-state index in [9.17, 15) is 8.42 Å². The third kappa shape index (κ3) is 3.80. The summed E-state index contributed by atoms with van der Waals surface area (Å²) in [6.07, 6.45) is 0. The molecule has 2 aromatic carbocycles. The standard InChI is InChI=1S/C14H15N3O3S/c15-14(17-18)12-8-6-11(7-9-12)10-16-21(19,20)13-4-2-1-3-5-13/h1-9,16,18H,10H2,(H2,15,17). The molecule has 21 heavy (non-hydrogen) atoms. The summed E-state index contributed by atoms with van der Waals surface area (Å²) in [4.78, 5) is 0.221. The van der Waals surface area contributed by atoms with Crippen LogP contribution in [-0.4, -0.2) is 19.5 Å².